The van der Waals surface area contributed by atoms with Crippen molar-refractivity contribution in [1.82, 2.24) is 40.4 Å². The van der Waals surface area contributed by atoms with E-state index in [1.807, 2.05) is 57.2 Å². The SMILES string of the molecule is CCn1c(-c2cccnc2[C@H](C)OC)c2c3cc(ccc31)-c1cc(cc(OP(=O)(O)O)c1)C[C@H](NC(=O)C(C1CCCC1)N(C)C(=O)CN(C)C(=O)[C@@H]1N[C@@H]1C1CC1)C(=O)N1CCC[C@H](N1)C(=O)OCC(C)(C)C2. The van der Waals surface area contributed by atoms with Gasteiger partial charge in [-0.3, -0.25) is 49.1 Å². The number of amides is 4. The highest BCUT2D eigenvalue weighted by Gasteiger charge is 2.52. The second-order valence-corrected chi connectivity index (χ2v) is 23.0. The number of hydrogen-bond acceptors (Lipinski definition) is 12. The highest BCUT2D eigenvalue weighted by molar-refractivity contribution is 7.46. The smallest absolute Gasteiger partial charge is 0.464 e. The van der Waals surface area contributed by atoms with Gasteiger partial charge in [0.05, 0.1) is 30.6 Å². The lowest BCUT2D eigenvalue weighted by atomic mass is 9.84. The summed E-state index contributed by atoms with van der Waals surface area (Å²) < 4.78 is 32.0. The lowest BCUT2D eigenvalue weighted by Crippen LogP contribution is -2.62. The van der Waals surface area contributed by atoms with Crippen LogP contribution in [0.5, 0.6) is 5.75 Å². The van der Waals surface area contributed by atoms with Gasteiger partial charge in [-0.1, -0.05) is 38.8 Å². The van der Waals surface area contributed by atoms with E-state index in [4.69, 9.17) is 19.0 Å². The molecule has 4 fully saturated rings. The Morgan fingerprint density at radius 1 is 1.01 bits per heavy atom. The molecule has 398 valence electrons. The van der Waals surface area contributed by atoms with Gasteiger partial charge in [-0.05, 0) is 129 Å². The van der Waals surface area contributed by atoms with Crippen LogP contribution in [-0.4, -0.2) is 135 Å². The number of methoxy groups -OCH3 is 1. The van der Waals surface area contributed by atoms with Crippen molar-refractivity contribution in [2.45, 2.75) is 135 Å². The lowest BCUT2D eigenvalue weighted by Gasteiger charge is -2.37. The molecule has 19 nitrogen and oxygen atoms in total. The summed E-state index contributed by atoms with van der Waals surface area (Å²) in [7, 11) is -0.311. The van der Waals surface area contributed by atoms with Crippen LogP contribution in [0.15, 0.2) is 54.7 Å². The summed E-state index contributed by atoms with van der Waals surface area (Å²) in [6, 6.07) is 11.3. The Morgan fingerprint density at radius 2 is 1.77 bits per heavy atom. The van der Waals surface area contributed by atoms with Crippen molar-refractivity contribution in [3.05, 3.63) is 71.5 Å². The highest BCUT2D eigenvalue weighted by Crippen LogP contribution is 2.44. The monoisotopic (exact) mass is 1040 g/mol. The first-order valence-electron chi connectivity index (χ1n) is 26.1. The Hall–Kier alpha value is -5.69. The van der Waals surface area contributed by atoms with Gasteiger partial charge >= 0.3 is 13.8 Å². The molecule has 0 spiro atoms. The van der Waals surface area contributed by atoms with Crippen LogP contribution < -0.4 is 20.6 Å². The summed E-state index contributed by atoms with van der Waals surface area (Å²) in [4.78, 5) is 99.4. The first-order chi connectivity index (χ1) is 35.2. The maximum absolute atomic E-state index is 15.0. The zero-order valence-electron chi connectivity index (χ0n) is 43.5. The van der Waals surface area contributed by atoms with Crippen LogP contribution in [0, 0.1) is 17.3 Å². The van der Waals surface area contributed by atoms with Gasteiger partial charge < -0.3 is 33.7 Å². The molecule has 1 unspecified atom stereocenters. The minimum Gasteiger partial charge on any atom is -0.464 e. The van der Waals surface area contributed by atoms with Gasteiger partial charge in [0.2, 0.25) is 17.7 Å². The Labute approximate surface area is 432 Å². The molecule has 5 aliphatic rings. The number of likely N-dealkylation sites (N-methyl/N-ethyl adjacent to an activating group) is 2. The highest BCUT2D eigenvalue weighted by atomic mass is 31.2. The van der Waals surface area contributed by atoms with Crippen molar-refractivity contribution in [1.29, 1.82) is 0 Å². The molecule has 2 saturated heterocycles. The van der Waals surface area contributed by atoms with Gasteiger partial charge in [-0.2, -0.15) is 0 Å². The van der Waals surface area contributed by atoms with Crippen molar-refractivity contribution >= 4 is 48.3 Å². The van der Waals surface area contributed by atoms with Crippen molar-refractivity contribution < 1.29 is 52.3 Å². The third kappa shape index (κ3) is 11.6. The number of nitrogens with zero attached hydrogens (tertiary/aromatic N) is 5. The molecular formula is C54H71N8O11P. The van der Waals surface area contributed by atoms with Crippen LogP contribution >= 0.6 is 7.82 Å². The first kappa shape index (κ1) is 53.1. The molecule has 20 heteroatoms. The normalized spacial score (nSPS) is 23.1. The van der Waals surface area contributed by atoms with E-state index in [0.717, 1.165) is 59.1 Å². The number of fused-ring (bicyclic) bond motifs is 6. The maximum Gasteiger partial charge on any atom is 0.524 e. The minimum absolute atomic E-state index is 0.0469. The number of hydrogen-bond donors (Lipinski definition) is 5. The molecule has 4 amide bonds. The standard InChI is InChI=1S/C54H71N8O11P/c1-8-61-43-20-19-35-27-39(43)40(49(61)38-15-11-21-55-45(38)31(2)71-7)28-54(3,4)30-72-53(67)41-16-12-22-62(58-41)51(65)42(25-32-23-36(35)26-37(24-32)73-74(68,69)70)56-50(64)48(34-13-9-10-14-34)60(6)44(63)29-59(5)52(66)47-46(57-47)33-17-18-33/h11,15,19-21,23-24,26-27,31,33-34,41-42,46-48,57-58H,8-10,12-14,16-18,22,25,28-30H2,1-7H3,(H,56,64)(H2,68,69,70)/t31-,41-,42-,46+,47+,48?/m0/s1. The second kappa shape index (κ2) is 21.5. The third-order valence-electron chi connectivity index (χ3n) is 15.6. The number of benzene rings is 2. The summed E-state index contributed by atoms with van der Waals surface area (Å²) in [6.45, 7) is 8.70. The fourth-order valence-electron chi connectivity index (χ4n) is 11.5. The number of hydrazine groups is 1. The van der Waals surface area contributed by atoms with Gasteiger partial charge in [0.15, 0.2) is 0 Å². The van der Waals surface area contributed by atoms with E-state index in [1.54, 1.807) is 33.5 Å². The molecule has 3 aliphatic heterocycles. The minimum atomic E-state index is -5.11. The molecule has 6 atom stereocenters. The number of cyclic esters (lactones) is 1. The molecular weight excluding hydrogens is 968 g/mol. The number of carbonyl (C=O) groups excluding carboxylic acids is 5. The number of pyridine rings is 1. The zero-order chi connectivity index (χ0) is 52.8. The number of phosphoric ester groups is 1. The first-order valence-corrected chi connectivity index (χ1v) is 27.6. The van der Waals surface area contributed by atoms with E-state index in [2.05, 4.69) is 27.6 Å². The van der Waals surface area contributed by atoms with Crippen LogP contribution in [0.3, 0.4) is 0 Å². The number of aromatic nitrogens is 2. The van der Waals surface area contributed by atoms with Crippen LogP contribution in [0.2, 0.25) is 0 Å². The van der Waals surface area contributed by atoms with E-state index < -0.39 is 55.1 Å². The van der Waals surface area contributed by atoms with Crippen molar-refractivity contribution in [2.24, 2.45) is 17.3 Å². The predicted octanol–water partition coefficient (Wildman–Crippen LogP) is 5.44. The number of ether oxygens (including phenoxy) is 2. The topological polar surface area (TPSA) is 244 Å². The number of rotatable bonds is 14. The zero-order valence-corrected chi connectivity index (χ0v) is 44.4. The summed E-state index contributed by atoms with van der Waals surface area (Å²) >= 11 is 0. The molecule has 2 aliphatic carbocycles. The fourth-order valence-corrected chi connectivity index (χ4v) is 11.9. The van der Waals surface area contributed by atoms with Crippen LogP contribution in [0.1, 0.15) is 102 Å². The molecule has 2 aromatic carbocycles. The van der Waals surface area contributed by atoms with Crippen LogP contribution in [0.4, 0.5) is 0 Å². The maximum atomic E-state index is 15.0. The van der Waals surface area contributed by atoms with Crippen molar-refractivity contribution in [3.63, 3.8) is 0 Å². The Balaban J connectivity index is 1.12. The molecule has 2 aromatic heterocycles. The summed E-state index contributed by atoms with van der Waals surface area (Å²) in [5, 5.41) is 8.50. The largest absolute Gasteiger partial charge is 0.524 e. The number of aryl methyl sites for hydroxylation is 1. The second-order valence-electron chi connectivity index (χ2n) is 21.8. The van der Waals surface area contributed by atoms with Gasteiger partial charge in [0, 0.05) is 74.8 Å². The molecule has 9 rings (SSSR count). The number of carbonyl (C=O) groups is 5. The van der Waals surface area contributed by atoms with Gasteiger partial charge in [0.1, 0.15) is 29.9 Å². The van der Waals surface area contributed by atoms with Gasteiger partial charge in [-0.25, -0.2) is 9.99 Å². The number of nitrogens with one attached hydrogen (secondary N) is 3. The molecule has 2 saturated carbocycles. The molecule has 74 heavy (non-hydrogen) atoms. The molecule has 5 N–H and O–H groups in total. The van der Waals surface area contributed by atoms with Gasteiger partial charge in [-0.15, -0.1) is 0 Å². The van der Waals surface area contributed by atoms with Crippen molar-refractivity contribution in [2.75, 3.05) is 40.9 Å². The van der Waals surface area contributed by atoms with E-state index in [0.29, 0.717) is 61.3 Å². The quantitative estimate of drug-likeness (QED) is 0.0600. The number of esters is 1. The summed E-state index contributed by atoms with van der Waals surface area (Å²) in [5.74, 6) is -2.16. The summed E-state index contributed by atoms with van der Waals surface area (Å²) in [6.07, 6.45) is 7.72. The van der Waals surface area contributed by atoms with E-state index in [-0.39, 0.29) is 61.9 Å². The van der Waals surface area contributed by atoms with Crippen LogP contribution in [-0.2, 0) is 57.4 Å². The molecule has 6 bridgehead atoms. The van der Waals surface area contributed by atoms with E-state index in [9.17, 15) is 33.5 Å². The van der Waals surface area contributed by atoms with Gasteiger partial charge in [0.25, 0.3) is 5.91 Å². The Kier molecular flexibility index (Phi) is 15.4. The summed E-state index contributed by atoms with van der Waals surface area (Å²) in [5.41, 5.74) is 8.56. The Morgan fingerprint density at radius 3 is 2.47 bits per heavy atom. The average molecular weight is 1040 g/mol. The number of phosphoric acid groups is 1. The third-order valence-corrected chi connectivity index (χ3v) is 16.0. The van der Waals surface area contributed by atoms with Crippen LogP contribution in [0.25, 0.3) is 33.3 Å². The van der Waals surface area contributed by atoms with E-state index >= 15 is 4.79 Å². The van der Waals surface area contributed by atoms with Crippen molar-refractivity contribution in [3.8, 4) is 28.1 Å². The molecule has 0 radical (unpaired) electrons. The Bertz CT molecular complexity index is 2860. The van der Waals surface area contributed by atoms with E-state index in [1.165, 1.54) is 20.9 Å². The molecule has 5 heterocycles. The lowest BCUT2D eigenvalue weighted by molar-refractivity contribution is -0.155. The fraction of sp³-hybridized carbons (Fsp3) is 0.556. The average Bonchev–Trinajstić information content (AvgIpc) is 4.29. The molecule has 4 aromatic rings. The predicted molar refractivity (Wildman–Crippen MR) is 276 cm³/mol.